The van der Waals surface area contributed by atoms with Crippen molar-refractivity contribution in [3.05, 3.63) is 41.4 Å². The zero-order valence-electron chi connectivity index (χ0n) is 12.6. The number of fused-ring (bicyclic) bond motifs is 1. The van der Waals surface area contributed by atoms with Crippen LogP contribution in [0.5, 0.6) is 0 Å². The van der Waals surface area contributed by atoms with Gasteiger partial charge in [-0.15, -0.1) is 11.3 Å². The lowest BCUT2D eigenvalue weighted by molar-refractivity contribution is -0.142. The summed E-state index contributed by atoms with van der Waals surface area (Å²) in [5.74, 6) is -0.627. The predicted molar refractivity (Wildman–Crippen MR) is 88.0 cm³/mol. The van der Waals surface area contributed by atoms with Crippen LogP contribution in [0.15, 0.2) is 39.5 Å². The molecule has 7 nitrogen and oxygen atoms in total. The van der Waals surface area contributed by atoms with E-state index in [2.05, 4.69) is 14.7 Å². The minimum Gasteiger partial charge on any atom is -0.465 e. The quantitative estimate of drug-likeness (QED) is 0.374. The second kappa shape index (κ2) is 7.45. The van der Waals surface area contributed by atoms with Gasteiger partial charge in [-0.3, -0.25) is 4.79 Å². The average molecular weight is 364 g/mol. The van der Waals surface area contributed by atoms with Crippen molar-refractivity contribution >= 4 is 45.3 Å². The first-order valence-corrected chi connectivity index (χ1v) is 8.67. The molecule has 3 heterocycles. The molecule has 3 aromatic heterocycles. The van der Waals surface area contributed by atoms with Gasteiger partial charge in [-0.2, -0.15) is 0 Å². The molecule has 0 bridgehead atoms. The highest BCUT2D eigenvalue weighted by Gasteiger charge is 2.17. The number of hydrogen-bond donors (Lipinski definition) is 0. The van der Waals surface area contributed by atoms with Crippen LogP contribution in [0.4, 0.5) is 0 Å². The second-order valence-electron chi connectivity index (χ2n) is 4.52. The van der Waals surface area contributed by atoms with Crippen molar-refractivity contribution in [2.75, 3.05) is 12.9 Å². The minimum atomic E-state index is -0.537. The highest BCUT2D eigenvalue weighted by molar-refractivity contribution is 8.00. The van der Waals surface area contributed by atoms with Crippen LogP contribution in [-0.4, -0.2) is 34.8 Å². The summed E-state index contributed by atoms with van der Waals surface area (Å²) in [6.07, 6.45) is 2.82. The number of esters is 2. The predicted octanol–water partition coefficient (Wildman–Crippen LogP) is 2.91. The lowest BCUT2D eigenvalue weighted by Gasteiger charge is -2.05. The molecule has 0 unspecified atom stereocenters. The van der Waals surface area contributed by atoms with Gasteiger partial charge >= 0.3 is 11.9 Å². The number of aromatic nitrogens is 2. The maximum atomic E-state index is 11.9. The van der Waals surface area contributed by atoms with Gasteiger partial charge in [0.05, 0.1) is 19.1 Å². The van der Waals surface area contributed by atoms with E-state index in [4.69, 9.17) is 9.15 Å². The third kappa shape index (κ3) is 3.57. The van der Waals surface area contributed by atoms with E-state index in [1.54, 1.807) is 0 Å². The molecule has 0 aliphatic heterocycles. The van der Waals surface area contributed by atoms with Gasteiger partial charge < -0.3 is 13.9 Å². The Bertz CT molecular complexity index is 874. The summed E-state index contributed by atoms with van der Waals surface area (Å²) in [5.41, 5.74) is 0.244. The molecule has 3 rings (SSSR count). The van der Waals surface area contributed by atoms with E-state index in [9.17, 15) is 9.59 Å². The SMILES string of the molecule is COC(=O)c1ccoc1COC(=O)CSc1ncnc2sccc12. The fourth-order valence-corrected chi connectivity index (χ4v) is 3.52. The van der Waals surface area contributed by atoms with E-state index < -0.39 is 11.9 Å². The van der Waals surface area contributed by atoms with E-state index in [1.807, 2.05) is 11.4 Å². The van der Waals surface area contributed by atoms with E-state index in [-0.39, 0.29) is 23.7 Å². The van der Waals surface area contributed by atoms with Crippen molar-refractivity contribution in [2.45, 2.75) is 11.6 Å². The molecule has 3 aromatic rings. The van der Waals surface area contributed by atoms with Crippen LogP contribution in [-0.2, 0) is 20.9 Å². The van der Waals surface area contributed by atoms with Crippen molar-refractivity contribution in [1.82, 2.24) is 9.97 Å². The Morgan fingerprint density at radius 3 is 3.04 bits per heavy atom. The molecule has 0 amide bonds. The molecule has 0 aromatic carbocycles. The van der Waals surface area contributed by atoms with E-state index >= 15 is 0 Å². The first-order chi connectivity index (χ1) is 11.7. The zero-order valence-corrected chi connectivity index (χ0v) is 14.2. The molecule has 0 atom stereocenters. The smallest absolute Gasteiger partial charge is 0.341 e. The molecular weight excluding hydrogens is 352 g/mol. The summed E-state index contributed by atoms with van der Waals surface area (Å²) >= 11 is 2.79. The molecule has 0 spiro atoms. The summed E-state index contributed by atoms with van der Waals surface area (Å²) in [7, 11) is 1.27. The van der Waals surface area contributed by atoms with Crippen LogP contribution in [0, 0.1) is 0 Å². The Balaban J connectivity index is 1.56. The number of ether oxygens (including phenoxy) is 2. The van der Waals surface area contributed by atoms with E-state index in [1.165, 1.54) is 48.9 Å². The van der Waals surface area contributed by atoms with Crippen molar-refractivity contribution in [3.63, 3.8) is 0 Å². The Labute approximate surface area is 145 Å². The van der Waals surface area contributed by atoms with Gasteiger partial charge in [0.1, 0.15) is 28.4 Å². The van der Waals surface area contributed by atoms with Crippen LogP contribution in [0.25, 0.3) is 10.2 Å². The second-order valence-corrected chi connectivity index (χ2v) is 6.38. The maximum Gasteiger partial charge on any atom is 0.341 e. The largest absolute Gasteiger partial charge is 0.465 e. The molecule has 9 heteroatoms. The number of carbonyl (C=O) groups is 2. The number of nitrogens with zero attached hydrogens (tertiary/aromatic N) is 2. The lowest BCUT2D eigenvalue weighted by atomic mass is 10.2. The molecule has 124 valence electrons. The molecule has 0 aliphatic rings. The van der Waals surface area contributed by atoms with Crippen LogP contribution in [0.2, 0.25) is 0 Å². The van der Waals surface area contributed by atoms with Crippen LogP contribution < -0.4 is 0 Å². The Kier molecular flexibility index (Phi) is 5.11. The summed E-state index contributed by atoms with van der Waals surface area (Å²) in [6, 6.07) is 3.39. The van der Waals surface area contributed by atoms with Crippen LogP contribution in [0.3, 0.4) is 0 Å². The molecule has 0 fully saturated rings. The molecular formula is C15H12N2O5S2. The highest BCUT2D eigenvalue weighted by atomic mass is 32.2. The fraction of sp³-hybridized carbons (Fsp3) is 0.200. The molecule has 0 saturated carbocycles. The lowest BCUT2D eigenvalue weighted by Crippen LogP contribution is -2.10. The normalized spacial score (nSPS) is 10.7. The fourth-order valence-electron chi connectivity index (χ4n) is 1.94. The van der Waals surface area contributed by atoms with Crippen LogP contribution >= 0.6 is 23.1 Å². The Morgan fingerprint density at radius 1 is 1.33 bits per heavy atom. The van der Waals surface area contributed by atoms with Crippen molar-refractivity contribution < 1.29 is 23.5 Å². The number of carbonyl (C=O) groups excluding carboxylic acids is 2. The Hall–Kier alpha value is -2.39. The van der Waals surface area contributed by atoms with Gasteiger partial charge in [-0.25, -0.2) is 14.8 Å². The molecule has 0 aliphatic carbocycles. The van der Waals surface area contributed by atoms with Crippen molar-refractivity contribution in [2.24, 2.45) is 0 Å². The first-order valence-electron chi connectivity index (χ1n) is 6.80. The Morgan fingerprint density at radius 2 is 2.21 bits per heavy atom. The number of furan rings is 1. The first kappa shape index (κ1) is 16.5. The summed E-state index contributed by atoms with van der Waals surface area (Å²) < 4.78 is 14.9. The number of thioether (sulfide) groups is 1. The van der Waals surface area contributed by atoms with Gasteiger partial charge in [0.2, 0.25) is 0 Å². The summed E-state index contributed by atoms with van der Waals surface area (Å²) in [4.78, 5) is 32.6. The summed E-state index contributed by atoms with van der Waals surface area (Å²) in [6.45, 7) is -0.130. The van der Waals surface area contributed by atoms with E-state index in [0.29, 0.717) is 0 Å². The van der Waals surface area contributed by atoms with Crippen LogP contribution in [0.1, 0.15) is 16.1 Å². The molecule has 0 radical (unpaired) electrons. The molecule has 24 heavy (non-hydrogen) atoms. The zero-order chi connectivity index (χ0) is 16.9. The standard InChI is InChI=1S/C15H12N2O5S2/c1-20-15(19)9-2-4-21-11(9)6-22-12(18)7-24-14-10-3-5-23-13(10)16-8-17-14/h2-5,8H,6-7H2,1H3. The average Bonchev–Trinajstić information content (AvgIpc) is 3.26. The van der Waals surface area contributed by atoms with E-state index in [0.717, 1.165) is 15.2 Å². The van der Waals surface area contributed by atoms with Crippen molar-refractivity contribution in [3.8, 4) is 0 Å². The maximum absolute atomic E-state index is 11.9. The number of methoxy groups -OCH3 is 1. The third-order valence-electron chi connectivity index (χ3n) is 3.07. The number of hydrogen-bond acceptors (Lipinski definition) is 9. The number of thiophene rings is 1. The monoisotopic (exact) mass is 364 g/mol. The molecule has 0 N–H and O–H groups in total. The summed E-state index contributed by atoms with van der Waals surface area (Å²) in [5, 5.41) is 3.57. The minimum absolute atomic E-state index is 0.0935. The van der Waals surface area contributed by atoms with Crippen molar-refractivity contribution in [1.29, 1.82) is 0 Å². The van der Waals surface area contributed by atoms with Gasteiger partial charge in [-0.05, 0) is 17.5 Å². The van der Waals surface area contributed by atoms with Gasteiger partial charge in [-0.1, -0.05) is 11.8 Å². The number of rotatable bonds is 6. The van der Waals surface area contributed by atoms with Gasteiger partial charge in [0.25, 0.3) is 0 Å². The topological polar surface area (TPSA) is 91.5 Å². The van der Waals surface area contributed by atoms with Gasteiger partial charge in [0.15, 0.2) is 5.76 Å². The third-order valence-corrected chi connectivity index (χ3v) is 4.87. The van der Waals surface area contributed by atoms with Gasteiger partial charge in [0, 0.05) is 5.39 Å². The highest BCUT2D eigenvalue weighted by Crippen LogP contribution is 2.27. The molecule has 0 saturated heterocycles.